The topological polar surface area (TPSA) is 35.6 Å². The predicted octanol–water partition coefficient (Wildman–Crippen LogP) is 14.4. The van der Waals surface area contributed by atoms with Gasteiger partial charge in [-0.2, -0.15) is 0 Å². The van der Waals surface area contributed by atoms with E-state index in [2.05, 4.69) is 221 Å². The molecule has 1 aliphatic carbocycles. The van der Waals surface area contributed by atoms with Gasteiger partial charge in [-0.25, -0.2) is 9.97 Å². The molecule has 60 heavy (non-hydrogen) atoms. The van der Waals surface area contributed by atoms with Gasteiger partial charge in [-0.1, -0.05) is 170 Å². The van der Waals surface area contributed by atoms with Crippen LogP contribution in [0, 0.1) is 0 Å². The zero-order valence-corrected chi connectivity index (χ0v) is 32.8. The summed E-state index contributed by atoms with van der Waals surface area (Å²) in [6.07, 6.45) is 5.47. The Morgan fingerprint density at radius 1 is 0.417 bits per heavy atom. The third-order valence-electron chi connectivity index (χ3n) is 12.3. The molecular formula is C56H38N4. The van der Waals surface area contributed by atoms with Gasteiger partial charge in [0.1, 0.15) is 11.6 Å². The summed E-state index contributed by atoms with van der Waals surface area (Å²) >= 11 is 0. The second-order valence-corrected chi connectivity index (χ2v) is 15.8. The van der Waals surface area contributed by atoms with E-state index in [0.29, 0.717) is 0 Å². The maximum Gasteiger partial charge on any atom is 0.145 e. The van der Waals surface area contributed by atoms with E-state index in [1.807, 2.05) is 0 Å². The highest BCUT2D eigenvalue weighted by atomic mass is 15.1. The van der Waals surface area contributed by atoms with E-state index in [9.17, 15) is 0 Å². The minimum Gasteiger partial charge on any atom is -0.316 e. The van der Waals surface area contributed by atoms with E-state index in [0.717, 1.165) is 57.0 Å². The molecule has 0 bridgehead atoms. The standard InChI is InChI=1S/C56H38N4/c1-3-15-47-40(11-1)13-9-21-51(47)59-53-19-7-5-17-49(53)57-55(59)42-29-23-37(24-30-42)44-33-27-39-28-34-45(36-46(39)35-44)38-25-31-43(32-26-38)56-58-50-18-6-8-20-54(50)60(56)52-22-10-14-41-12-2-4-16-48(41)52/h1-21,23-36,52H,22H2. The van der Waals surface area contributed by atoms with Gasteiger partial charge in [-0.05, 0) is 98.4 Å². The summed E-state index contributed by atoms with van der Waals surface area (Å²) in [5.41, 5.74) is 14.9. The number of benzene rings is 9. The molecule has 4 heteroatoms. The van der Waals surface area contributed by atoms with E-state index >= 15 is 0 Å². The van der Waals surface area contributed by atoms with Crippen molar-refractivity contribution in [3.8, 4) is 50.7 Å². The third-order valence-corrected chi connectivity index (χ3v) is 12.3. The molecule has 0 aliphatic heterocycles. The molecule has 0 fully saturated rings. The molecule has 4 nitrogen and oxygen atoms in total. The summed E-state index contributed by atoms with van der Waals surface area (Å²) in [5.74, 6) is 1.93. The first-order chi connectivity index (χ1) is 29.7. The Labute approximate surface area is 348 Å². The number of allylic oxidation sites excluding steroid dienone is 1. The quantitative estimate of drug-likeness (QED) is 0.169. The van der Waals surface area contributed by atoms with Crippen LogP contribution in [-0.2, 0) is 0 Å². The Bertz CT molecular complexity index is 3450. The van der Waals surface area contributed by atoms with Crippen molar-refractivity contribution in [1.29, 1.82) is 0 Å². The predicted molar refractivity (Wildman–Crippen MR) is 249 cm³/mol. The Balaban J connectivity index is 0.869. The van der Waals surface area contributed by atoms with Crippen LogP contribution in [0.15, 0.2) is 206 Å². The van der Waals surface area contributed by atoms with Crippen LogP contribution < -0.4 is 0 Å². The SMILES string of the molecule is C1=Cc2ccccc2C(n2c(-c3ccc(-c4ccc5ccc(-c6ccc(-c7nc8ccccc8n7-c7cccc8ccccc78)cc6)cc5c4)cc3)nc3ccccc32)C1. The fourth-order valence-electron chi connectivity index (χ4n) is 9.32. The molecule has 1 unspecified atom stereocenters. The number of para-hydroxylation sites is 4. The first kappa shape index (κ1) is 34.2. The zero-order chi connectivity index (χ0) is 39.6. The fourth-order valence-corrected chi connectivity index (χ4v) is 9.32. The minimum absolute atomic E-state index is 0.178. The van der Waals surface area contributed by atoms with Crippen LogP contribution >= 0.6 is 0 Å². The second kappa shape index (κ2) is 13.9. The van der Waals surface area contributed by atoms with E-state index in [1.54, 1.807) is 0 Å². The van der Waals surface area contributed by atoms with Gasteiger partial charge < -0.3 is 4.57 Å². The van der Waals surface area contributed by atoms with Crippen LogP contribution in [0.4, 0.5) is 0 Å². The van der Waals surface area contributed by atoms with Gasteiger partial charge in [0.15, 0.2) is 0 Å². The summed E-state index contributed by atoms with van der Waals surface area (Å²) in [6, 6.07) is 72.2. The lowest BCUT2D eigenvalue weighted by molar-refractivity contribution is 0.609. The molecule has 2 aromatic heterocycles. The van der Waals surface area contributed by atoms with Crippen LogP contribution in [0.3, 0.4) is 0 Å². The average Bonchev–Trinajstić information content (AvgIpc) is 3.90. The van der Waals surface area contributed by atoms with E-state index in [4.69, 9.17) is 9.97 Å². The molecule has 282 valence electrons. The summed E-state index contributed by atoms with van der Waals surface area (Å²) in [5, 5.41) is 4.84. The monoisotopic (exact) mass is 766 g/mol. The largest absolute Gasteiger partial charge is 0.316 e. The maximum absolute atomic E-state index is 5.21. The summed E-state index contributed by atoms with van der Waals surface area (Å²) in [4.78, 5) is 10.4. The average molecular weight is 767 g/mol. The van der Waals surface area contributed by atoms with Gasteiger partial charge in [0.25, 0.3) is 0 Å². The van der Waals surface area contributed by atoms with Crippen molar-refractivity contribution in [2.75, 3.05) is 0 Å². The van der Waals surface area contributed by atoms with Crippen molar-refractivity contribution in [3.05, 3.63) is 217 Å². The molecular weight excluding hydrogens is 729 g/mol. The Morgan fingerprint density at radius 2 is 0.983 bits per heavy atom. The van der Waals surface area contributed by atoms with E-state index in [-0.39, 0.29) is 6.04 Å². The van der Waals surface area contributed by atoms with Gasteiger partial charge in [-0.15, -0.1) is 0 Å². The first-order valence-electron chi connectivity index (χ1n) is 20.7. The lowest BCUT2D eigenvalue weighted by Gasteiger charge is -2.25. The molecule has 9 aromatic carbocycles. The Hall–Kier alpha value is -7.82. The van der Waals surface area contributed by atoms with Gasteiger partial charge in [0.05, 0.1) is 33.8 Å². The highest BCUT2D eigenvalue weighted by molar-refractivity contribution is 5.95. The summed E-state index contributed by atoms with van der Waals surface area (Å²) in [7, 11) is 0. The molecule has 0 spiro atoms. The van der Waals surface area contributed by atoms with Crippen molar-refractivity contribution in [3.63, 3.8) is 0 Å². The van der Waals surface area contributed by atoms with Gasteiger partial charge in [0, 0.05) is 16.5 Å². The smallest absolute Gasteiger partial charge is 0.145 e. The number of fused-ring (bicyclic) bond motifs is 5. The molecule has 0 saturated heterocycles. The zero-order valence-electron chi connectivity index (χ0n) is 32.8. The molecule has 0 N–H and O–H groups in total. The number of imidazole rings is 2. The molecule has 0 radical (unpaired) electrons. The van der Waals surface area contributed by atoms with Gasteiger partial charge in [0.2, 0.25) is 0 Å². The number of nitrogens with zero attached hydrogens (tertiary/aromatic N) is 4. The van der Waals surface area contributed by atoms with Crippen LogP contribution in [-0.4, -0.2) is 19.1 Å². The minimum atomic E-state index is 0.178. The third kappa shape index (κ3) is 5.68. The van der Waals surface area contributed by atoms with Crippen molar-refractivity contribution >= 4 is 49.7 Å². The number of hydrogen-bond acceptors (Lipinski definition) is 2. The second-order valence-electron chi connectivity index (χ2n) is 15.8. The van der Waals surface area contributed by atoms with Crippen molar-refractivity contribution < 1.29 is 0 Å². The molecule has 11 aromatic rings. The van der Waals surface area contributed by atoms with E-state index in [1.165, 1.54) is 54.9 Å². The molecule has 12 rings (SSSR count). The molecule has 1 aliphatic rings. The van der Waals surface area contributed by atoms with Crippen molar-refractivity contribution in [1.82, 2.24) is 19.1 Å². The normalized spacial score (nSPS) is 13.7. The lowest BCUT2D eigenvalue weighted by atomic mass is 9.92. The number of hydrogen-bond donors (Lipinski definition) is 0. The first-order valence-corrected chi connectivity index (χ1v) is 20.7. The molecule has 0 amide bonds. The van der Waals surface area contributed by atoms with Gasteiger partial charge in [-0.3, -0.25) is 4.57 Å². The number of rotatable bonds is 6. The molecule has 0 saturated carbocycles. The summed E-state index contributed by atoms with van der Waals surface area (Å²) in [6.45, 7) is 0. The molecule has 2 heterocycles. The van der Waals surface area contributed by atoms with Crippen molar-refractivity contribution in [2.24, 2.45) is 0 Å². The Kier molecular flexibility index (Phi) is 7.95. The number of aromatic nitrogens is 4. The highest BCUT2D eigenvalue weighted by Crippen LogP contribution is 2.39. The van der Waals surface area contributed by atoms with Crippen LogP contribution in [0.5, 0.6) is 0 Å². The maximum atomic E-state index is 5.21. The van der Waals surface area contributed by atoms with Crippen molar-refractivity contribution in [2.45, 2.75) is 12.5 Å². The van der Waals surface area contributed by atoms with E-state index < -0.39 is 0 Å². The summed E-state index contributed by atoms with van der Waals surface area (Å²) < 4.78 is 4.75. The Morgan fingerprint density at radius 3 is 1.75 bits per heavy atom. The van der Waals surface area contributed by atoms with Crippen LogP contribution in [0.1, 0.15) is 23.6 Å². The molecule has 1 atom stereocenters. The lowest BCUT2D eigenvalue weighted by Crippen LogP contribution is -2.14. The fraction of sp³-hybridized carbons (Fsp3) is 0.0357. The van der Waals surface area contributed by atoms with Crippen LogP contribution in [0.25, 0.3) is 100 Å². The van der Waals surface area contributed by atoms with Crippen LogP contribution in [0.2, 0.25) is 0 Å². The van der Waals surface area contributed by atoms with Gasteiger partial charge >= 0.3 is 0 Å². The highest BCUT2D eigenvalue weighted by Gasteiger charge is 2.24.